The van der Waals surface area contributed by atoms with Crippen LogP contribution in [-0.2, 0) is 4.79 Å². The Balaban J connectivity index is 2.57. The average Bonchev–Trinajstić information content (AvgIpc) is 2.60. The molecule has 1 aliphatic rings. The molecular formula is C13H27N3O. The fraction of sp³-hybridized carbons (Fsp3) is 0.923. The second kappa shape index (κ2) is 7.67. The van der Waals surface area contributed by atoms with Crippen molar-refractivity contribution in [1.29, 1.82) is 0 Å². The van der Waals surface area contributed by atoms with Gasteiger partial charge in [-0.25, -0.2) is 5.84 Å². The third-order valence-electron chi connectivity index (χ3n) is 3.91. The van der Waals surface area contributed by atoms with Crippen molar-refractivity contribution >= 4 is 5.91 Å². The molecule has 1 rings (SSSR count). The predicted octanol–water partition coefficient (Wildman–Crippen LogP) is 1.66. The lowest BCUT2D eigenvalue weighted by molar-refractivity contribution is -0.126. The lowest BCUT2D eigenvalue weighted by Crippen LogP contribution is -2.49. The van der Waals surface area contributed by atoms with E-state index in [1.807, 2.05) is 0 Å². The molecule has 1 amide bonds. The van der Waals surface area contributed by atoms with Crippen molar-refractivity contribution < 1.29 is 4.79 Å². The zero-order chi connectivity index (χ0) is 12.7. The van der Waals surface area contributed by atoms with E-state index in [2.05, 4.69) is 24.2 Å². The highest BCUT2D eigenvalue weighted by molar-refractivity contribution is 5.81. The number of likely N-dealkylation sites (tertiary alicyclic amines) is 1. The summed E-state index contributed by atoms with van der Waals surface area (Å²) >= 11 is 0. The van der Waals surface area contributed by atoms with E-state index in [9.17, 15) is 4.79 Å². The minimum Gasteiger partial charge on any atom is -0.293 e. The van der Waals surface area contributed by atoms with Gasteiger partial charge in [-0.15, -0.1) is 0 Å². The molecule has 0 radical (unpaired) electrons. The lowest BCUT2D eigenvalue weighted by Gasteiger charge is -2.28. The largest absolute Gasteiger partial charge is 0.293 e. The highest BCUT2D eigenvalue weighted by Crippen LogP contribution is 2.22. The molecule has 2 atom stereocenters. The second-order valence-electron chi connectivity index (χ2n) is 5.05. The number of nitrogens with two attached hydrogens (primary N) is 1. The molecule has 1 fully saturated rings. The SMILES string of the molecule is CCCC(C(=O)NN)N1CCCC(CC)CC1. The molecular weight excluding hydrogens is 214 g/mol. The first kappa shape index (κ1) is 14.5. The van der Waals surface area contributed by atoms with E-state index in [1.165, 1.54) is 25.7 Å². The highest BCUT2D eigenvalue weighted by Gasteiger charge is 2.26. The highest BCUT2D eigenvalue weighted by atomic mass is 16.2. The minimum absolute atomic E-state index is 0.0261. The smallest absolute Gasteiger partial charge is 0.251 e. The first-order valence-electron chi connectivity index (χ1n) is 6.97. The molecule has 3 N–H and O–H groups in total. The molecule has 0 aromatic carbocycles. The van der Waals surface area contributed by atoms with E-state index in [4.69, 9.17) is 5.84 Å². The van der Waals surface area contributed by atoms with Crippen LogP contribution in [0.2, 0.25) is 0 Å². The fourth-order valence-electron chi connectivity index (χ4n) is 2.76. The van der Waals surface area contributed by atoms with Crippen LogP contribution in [0.5, 0.6) is 0 Å². The molecule has 1 saturated heterocycles. The first-order valence-corrected chi connectivity index (χ1v) is 6.97. The summed E-state index contributed by atoms with van der Waals surface area (Å²) in [5.41, 5.74) is 2.31. The molecule has 4 nitrogen and oxygen atoms in total. The van der Waals surface area contributed by atoms with Crippen LogP contribution in [0, 0.1) is 5.92 Å². The van der Waals surface area contributed by atoms with Crippen LogP contribution in [0.15, 0.2) is 0 Å². The molecule has 0 bridgehead atoms. The zero-order valence-electron chi connectivity index (χ0n) is 11.2. The fourth-order valence-corrected chi connectivity index (χ4v) is 2.76. The van der Waals surface area contributed by atoms with Crippen LogP contribution in [0.1, 0.15) is 52.4 Å². The number of amides is 1. The predicted molar refractivity (Wildman–Crippen MR) is 70.2 cm³/mol. The van der Waals surface area contributed by atoms with Gasteiger partial charge in [0.05, 0.1) is 6.04 Å². The molecule has 0 aromatic rings. The van der Waals surface area contributed by atoms with Crippen molar-refractivity contribution in [2.45, 2.75) is 58.4 Å². The monoisotopic (exact) mass is 241 g/mol. The van der Waals surface area contributed by atoms with Gasteiger partial charge in [0.2, 0.25) is 0 Å². The van der Waals surface area contributed by atoms with Gasteiger partial charge in [-0.05, 0) is 44.7 Å². The van der Waals surface area contributed by atoms with Gasteiger partial charge in [0.15, 0.2) is 0 Å². The third kappa shape index (κ3) is 4.28. The van der Waals surface area contributed by atoms with Crippen molar-refractivity contribution in [1.82, 2.24) is 10.3 Å². The summed E-state index contributed by atoms with van der Waals surface area (Å²) in [5.74, 6) is 6.09. The Hall–Kier alpha value is -0.610. The summed E-state index contributed by atoms with van der Waals surface area (Å²) in [6.07, 6.45) is 6.90. The van der Waals surface area contributed by atoms with E-state index in [1.54, 1.807) is 0 Å². The van der Waals surface area contributed by atoms with Crippen molar-refractivity contribution in [3.8, 4) is 0 Å². The van der Waals surface area contributed by atoms with E-state index in [-0.39, 0.29) is 11.9 Å². The van der Waals surface area contributed by atoms with Gasteiger partial charge < -0.3 is 0 Å². The summed E-state index contributed by atoms with van der Waals surface area (Å²) < 4.78 is 0. The van der Waals surface area contributed by atoms with E-state index in [0.29, 0.717) is 0 Å². The van der Waals surface area contributed by atoms with Gasteiger partial charge in [-0.3, -0.25) is 15.1 Å². The van der Waals surface area contributed by atoms with Crippen LogP contribution in [0.4, 0.5) is 0 Å². The van der Waals surface area contributed by atoms with Gasteiger partial charge in [-0.1, -0.05) is 26.7 Å². The molecule has 4 heteroatoms. The number of rotatable bonds is 5. The van der Waals surface area contributed by atoms with Crippen molar-refractivity contribution in [3.63, 3.8) is 0 Å². The summed E-state index contributed by atoms with van der Waals surface area (Å²) in [4.78, 5) is 14.1. The van der Waals surface area contributed by atoms with Gasteiger partial charge in [0.25, 0.3) is 5.91 Å². The molecule has 0 spiro atoms. The average molecular weight is 241 g/mol. The normalized spacial score (nSPS) is 24.1. The summed E-state index contributed by atoms with van der Waals surface area (Å²) in [7, 11) is 0. The number of carbonyl (C=O) groups is 1. The Morgan fingerprint density at radius 1 is 1.41 bits per heavy atom. The van der Waals surface area contributed by atoms with Crippen LogP contribution < -0.4 is 11.3 Å². The standard InChI is InChI=1S/C13H27N3O/c1-3-6-12(13(17)15-14)16-9-5-7-11(4-2)8-10-16/h11-12H,3-10,14H2,1-2H3,(H,15,17). The maximum atomic E-state index is 11.8. The molecule has 0 saturated carbocycles. The van der Waals surface area contributed by atoms with E-state index in [0.717, 1.165) is 31.8 Å². The number of hydrogen-bond donors (Lipinski definition) is 2. The molecule has 17 heavy (non-hydrogen) atoms. The third-order valence-corrected chi connectivity index (χ3v) is 3.91. The lowest BCUT2D eigenvalue weighted by atomic mass is 9.98. The first-order chi connectivity index (χ1) is 8.22. The summed E-state index contributed by atoms with van der Waals surface area (Å²) in [6, 6.07) is -0.0272. The van der Waals surface area contributed by atoms with Gasteiger partial charge in [0, 0.05) is 0 Å². The molecule has 1 heterocycles. The number of nitrogens with one attached hydrogen (secondary N) is 1. The Labute approximate surface area is 105 Å². The topological polar surface area (TPSA) is 58.4 Å². The van der Waals surface area contributed by atoms with Crippen LogP contribution in [-0.4, -0.2) is 29.9 Å². The van der Waals surface area contributed by atoms with E-state index >= 15 is 0 Å². The van der Waals surface area contributed by atoms with Crippen molar-refractivity contribution in [2.75, 3.05) is 13.1 Å². The Bertz CT molecular complexity index is 233. The van der Waals surface area contributed by atoms with Crippen molar-refractivity contribution in [3.05, 3.63) is 0 Å². The summed E-state index contributed by atoms with van der Waals surface area (Å²) in [5, 5.41) is 0. The minimum atomic E-state index is -0.0272. The maximum absolute atomic E-state index is 11.8. The Morgan fingerprint density at radius 3 is 2.76 bits per heavy atom. The maximum Gasteiger partial charge on any atom is 0.251 e. The van der Waals surface area contributed by atoms with Crippen molar-refractivity contribution in [2.24, 2.45) is 11.8 Å². The molecule has 2 unspecified atom stereocenters. The van der Waals surface area contributed by atoms with Crippen LogP contribution >= 0.6 is 0 Å². The van der Waals surface area contributed by atoms with Gasteiger partial charge in [-0.2, -0.15) is 0 Å². The van der Waals surface area contributed by atoms with Crippen LogP contribution in [0.3, 0.4) is 0 Å². The number of carbonyl (C=O) groups excluding carboxylic acids is 1. The number of hydrogen-bond acceptors (Lipinski definition) is 3. The number of nitrogens with zero attached hydrogens (tertiary/aromatic N) is 1. The van der Waals surface area contributed by atoms with Gasteiger partial charge in [0.1, 0.15) is 0 Å². The molecule has 0 aliphatic carbocycles. The summed E-state index contributed by atoms with van der Waals surface area (Å²) in [6.45, 7) is 6.45. The molecule has 1 aliphatic heterocycles. The Kier molecular flexibility index (Phi) is 6.52. The second-order valence-corrected chi connectivity index (χ2v) is 5.05. The van der Waals surface area contributed by atoms with Gasteiger partial charge >= 0.3 is 0 Å². The number of hydrazine groups is 1. The molecule has 100 valence electrons. The zero-order valence-corrected chi connectivity index (χ0v) is 11.2. The van der Waals surface area contributed by atoms with E-state index < -0.39 is 0 Å². The quantitative estimate of drug-likeness (QED) is 0.437. The Morgan fingerprint density at radius 2 is 2.18 bits per heavy atom. The molecule has 0 aromatic heterocycles. The van der Waals surface area contributed by atoms with Crippen LogP contribution in [0.25, 0.3) is 0 Å².